The molecule has 2 rings (SSSR count). The number of alkyl halides is 3. The number of aromatic nitrogens is 2. The van der Waals surface area contributed by atoms with Gasteiger partial charge in [0.15, 0.2) is 0 Å². The normalized spacial score (nSPS) is 19.8. The van der Waals surface area contributed by atoms with Crippen molar-refractivity contribution in [1.29, 1.82) is 0 Å². The maximum atomic E-state index is 12.4. The second kappa shape index (κ2) is 4.55. The number of nitrogens with zero attached hydrogens (tertiary/aromatic N) is 2. The van der Waals surface area contributed by atoms with Gasteiger partial charge < -0.3 is 10.4 Å². The van der Waals surface area contributed by atoms with Crippen LogP contribution in [-0.4, -0.2) is 33.1 Å². The van der Waals surface area contributed by atoms with Crippen molar-refractivity contribution in [3.63, 3.8) is 0 Å². The zero-order valence-electron chi connectivity index (χ0n) is 10.0. The van der Waals surface area contributed by atoms with Gasteiger partial charge in [0, 0.05) is 12.2 Å². The largest absolute Gasteiger partial charge is 0.419 e. The minimum atomic E-state index is -4.38. The van der Waals surface area contributed by atoms with Gasteiger partial charge in [-0.05, 0) is 19.8 Å². The molecule has 1 saturated carbocycles. The van der Waals surface area contributed by atoms with Gasteiger partial charge in [0.05, 0.1) is 30.5 Å². The first-order chi connectivity index (χ1) is 8.32. The van der Waals surface area contributed by atoms with Crippen LogP contribution in [0.4, 0.5) is 13.2 Å². The molecular formula is C11H16F3N3O. The number of rotatable bonds is 5. The first kappa shape index (κ1) is 13.4. The van der Waals surface area contributed by atoms with Crippen LogP contribution < -0.4 is 5.32 Å². The third kappa shape index (κ3) is 3.23. The Morgan fingerprint density at radius 2 is 2.17 bits per heavy atom. The molecule has 0 bridgehead atoms. The molecule has 4 nitrogen and oxygen atoms in total. The smallest absolute Gasteiger partial charge is 0.394 e. The van der Waals surface area contributed by atoms with E-state index >= 15 is 0 Å². The van der Waals surface area contributed by atoms with Crippen molar-refractivity contribution < 1.29 is 18.3 Å². The number of aliphatic hydroxyl groups excluding tert-OH is 1. The lowest BCUT2D eigenvalue weighted by Crippen LogP contribution is -2.50. The van der Waals surface area contributed by atoms with Gasteiger partial charge in [-0.1, -0.05) is 0 Å². The van der Waals surface area contributed by atoms with Crippen LogP contribution in [0.15, 0.2) is 12.4 Å². The number of halogens is 3. The summed E-state index contributed by atoms with van der Waals surface area (Å²) in [5.41, 5.74) is -1.41. The van der Waals surface area contributed by atoms with Gasteiger partial charge in [0.1, 0.15) is 0 Å². The molecule has 1 unspecified atom stereocenters. The summed E-state index contributed by atoms with van der Waals surface area (Å²) in [6.07, 6.45) is -0.528. The highest BCUT2D eigenvalue weighted by Gasteiger charge is 2.35. The average Bonchev–Trinajstić information content (AvgIpc) is 2.92. The molecule has 0 radical (unpaired) electrons. The molecule has 1 heterocycles. The predicted molar refractivity (Wildman–Crippen MR) is 58.9 cm³/mol. The van der Waals surface area contributed by atoms with Crippen molar-refractivity contribution in [1.82, 2.24) is 15.1 Å². The Kier molecular flexibility index (Phi) is 3.37. The Balaban J connectivity index is 2.04. The quantitative estimate of drug-likeness (QED) is 0.844. The van der Waals surface area contributed by atoms with Gasteiger partial charge in [-0.3, -0.25) is 4.68 Å². The average molecular weight is 263 g/mol. The molecule has 0 aromatic carbocycles. The van der Waals surface area contributed by atoms with E-state index in [0.29, 0.717) is 6.04 Å². The molecule has 102 valence electrons. The molecule has 1 aliphatic carbocycles. The Morgan fingerprint density at radius 1 is 1.50 bits per heavy atom. The van der Waals surface area contributed by atoms with Gasteiger partial charge >= 0.3 is 6.18 Å². The van der Waals surface area contributed by atoms with E-state index in [0.717, 1.165) is 25.2 Å². The van der Waals surface area contributed by atoms with Gasteiger partial charge in [0.2, 0.25) is 0 Å². The van der Waals surface area contributed by atoms with Crippen molar-refractivity contribution in [2.45, 2.75) is 44.1 Å². The van der Waals surface area contributed by atoms with E-state index in [2.05, 4.69) is 10.4 Å². The lowest BCUT2D eigenvalue weighted by Gasteiger charge is -2.28. The van der Waals surface area contributed by atoms with Crippen LogP contribution in [0.2, 0.25) is 0 Å². The van der Waals surface area contributed by atoms with Gasteiger partial charge in [0.25, 0.3) is 0 Å². The molecule has 1 aromatic rings. The molecule has 18 heavy (non-hydrogen) atoms. The van der Waals surface area contributed by atoms with Crippen LogP contribution in [0.5, 0.6) is 0 Å². The minimum Gasteiger partial charge on any atom is -0.394 e. The first-order valence-electron chi connectivity index (χ1n) is 5.81. The maximum Gasteiger partial charge on any atom is 0.419 e. The lowest BCUT2D eigenvalue weighted by atomic mass is 10.0. The van der Waals surface area contributed by atoms with Crippen LogP contribution in [-0.2, 0) is 12.7 Å². The van der Waals surface area contributed by atoms with E-state index in [1.807, 2.05) is 0 Å². The molecule has 0 spiro atoms. The minimum absolute atomic E-state index is 0.148. The Hall–Kier alpha value is -1.08. The zero-order chi connectivity index (χ0) is 13.4. The third-order valence-corrected chi connectivity index (χ3v) is 2.95. The van der Waals surface area contributed by atoms with E-state index in [-0.39, 0.29) is 13.2 Å². The standard InChI is InChI=1S/C11H16F3N3O/c1-10(7-18,16-9-2-3-9)6-17-5-8(4-15-17)11(12,13)14/h4-5,9,16,18H,2-3,6-7H2,1H3. The number of aliphatic hydroxyl groups is 1. The van der Waals surface area contributed by atoms with Crippen LogP contribution in [0.25, 0.3) is 0 Å². The molecule has 1 aliphatic rings. The van der Waals surface area contributed by atoms with Crippen molar-refractivity contribution in [2.75, 3.05) is 6.61 Å². The maximum absolute atomic E-state index is 12.4. The summed E-state index contributed by atoms with van der Waals surface area (Å²) in [4.78, 5) is 0. The monoisotopic (exact) mass is 263 g/mol. The second-order valence-corrected chi connectivity index (χ2v) is 5.06. The summed E-state index contributed by atoms with van der Waals surface area (Å²) in [7, 11) is 0. The van der Waals surface area contributed by atoms with E-state index in [4.69, 9.17) is 0 Å². The van der Waals surface area contributed by atoms with Crippen molar-refractivity contribution in [3.05, 3.63) is 18.0 Å². The Labute approximate surface area is 103 Å². The molecule has 2 N–H and O–H groups in total. The molecule has 0 saturated heterocycles. The molecule has 0 amide bonds. The topological polar surface area (TPSA) is 50.1 Å². The summed E-state index contributed by atoms with van der Waals surface area (Å²) >= 11 is 0. The third-order valence-electron chi connectivity index (χ3n) is 2.95. The summed E-state index contributed by atoms with van der Waals surface area (Å²) in [6, 6.07) is 0.361. The van der Waals surface area contributed by atoms with Crippen LogP contribution in [0.3, 0.4) is 0 Å². The van der Waals surface area contributed by atoms with Crippen molar-refractivity contribution >= 4 is 0 Å². The SMILES string of the molecule is CC(CO)(Cn1cc(C(F)(F)F)cn1)NC1CC1. The predicted octanol–water partition coefficient (Wildman–Crippen LogP) is 1.40. The summed E-state index contributed by atoms with van der Waals surface area (Å²) < 4.78 is 38.5. The summed E-state index contributed by atoms with van der Waals surface area (Å²) in [6.45, 7) is 1.83. The van der Waals surface area contributed by atoms with E-state index < -0.39 is 17.3 Å². The molecule has 1 atom stereocenters. The van der Waals surface area contributed by atoms with Gasteiger partial charge in [-0.25, -0.2) is 0 Å². The lowest BCUT2D eigenvalue weighted by molar-refractivity contribution is -0.137. The number of hydrogen-bond donors (Lipinski definition) is 2. The molecule has 7 heteroatoms. The molecular weight excluding hydrogens is 247 g/mol. The molecule has 0 aliphatic heterocycles. The first-order valence-corrected chi connectivity index (χ1v) is 5.81. The molecule has 1 fully saturated rings. The van der Waals surface area contributed by atoms with E-state index in [1.54, 1.807) is 6.92 Å². The van der Waals surface area contributed by atoms with Crippen LogP contribution in [0.1, 0.15) is 25.3 Å². The highest BCUT2D eigenvalue weighted by Crippen LogP contribution is 2.29. The van der Waals surface area contributed by atoms with E-state index in [9.17, 15) is 18.3 Å². The number of hydrogen-bond acceptors (Lipinski definition) is 3. The fourth-order valence-corrected chi connectivity index (χ4v) is 1.82. The Bertz CT molecular complexity index is 414. The van der Waals surface area contributed by atoms with E-state index in [1.165, 1.54) is 4.68 Å². The van der Waals surface area contributed by atoms with Crippen LogP contribution in [0, 0.1) is 0 Å². The fourth-order valence-electron chi connectivity index (χ4n) is 1.82. The summed E-state index contributed by atoms with van der Waals surface area (Å²) in [5.74, 6) is 0. The van der Waals surface area contributed by atoms with Gasteiger partial charge in [-0.2, -0.15) is 18.3 Å². The highest BCUT2D eigenvalue weighted by molar-refractivity contribution is 5.08. The Morgan fingerprint density at radius 3 is 2.61 bits per heavy atom. The van der Waals surface area contributed by atoms with Gasteiger partial charge in [-0.15, -0.1) is 0 Å². The molecule has 1 aromatic heterocycles. The van der Waals surface area contributed by atoms with Crippen molar-refractivity contribution in [3.8, 4) is 0 Å². The van der Waals surface area contributed by atoms with Crippen LogP contribution >= 0.6 is 0 Å². The highest BCUT2D eigenvalue weighted by atomic mass is 19.4. The summed E-state index contributed by atoms with van der Waals surface area (Å²) in [5, 5.41) is 16.3. The second-order valence-electron chi connectivity index (χ2n) is 5.06. The fraction of sp³-hybridized carbons (Fsp3) is 0.727. The van der Waals surface area contributed by atoms with Crippen molar-refractivity contribution in [2.24, 2.45) is 0 Å². The number of nitrogens with one attached hydrogen (secondary N) is 1. The zero-order valence-corrected chi connectivity index (χ0v) is 10.0.